The van der Waals surface area contributed by atoms with Crippen molar-refractivity contribution in [3.8, 4) is 0 Å². The van der Waals surface area contributed by atoms with Gasteiger partial charge in [0.2, 0.25) is 5.95 Å². The molecule has 1 aromatic rings. The molecule has 3 N–H and O–H groups in total. The van der Waals surface area contributed by atoms with Crippen LogP contribution in [0, 0.1) is 0 Å². The number of rotatable bonds is 2. The Kier molecular flexibility index (Phi) is 2.40. The Hall–Kier alpha value is -1.14. The molecular formula is C5H8BN3O2. The minimum absolute atomic E-state index is 0.178. The van der Waals surface area contributed by atoms with Crippen LogP contribution in [-0.2, 0) is 4.65 Å². The van der Waals surface area contributed by atoms with Crippen LogP contribution in [0.4, 0.5) is 5.95 Å². The third-order valence-corrected chi connectivity index (χ3v) is 1.20. The number of nitrogens with two attached hydrogens (primary N) is 1. The van der Waals surface area contributed by atoms with Gasteiger partial charge in [-0.25, -0.2) is 9.97 Å². The van der Waals surface area contributed by atoms with Gasteiger partial charge in [0.15, 0.2) is 0 Å². The van der Waals surface area contributed by atoms with Crippen LogP contribution in [-0.4, -0.2) is 29.2 Å². The molecule has 6 heteroatoms. The van der Waals surface area contributed by atoms with Gasteiger partial charge in [-0.15, -0.1) is 0 Å². The quantitative estimate of drug-likeness (QED) is 0.499. The predicted octanol–water partition coefficient (Wildman–Crippen LogP) is -1.61. The minimum atomic E-state index is -0.976. The summed E-state index contributed by atoms with van der Waals surface area (Å²) in [5.74, 6) is 0.178. The molecule has 0 fully saturated rings. The first-order valence-corrected chi connectivity index (χ1v) is 3.02. The molecule has 0 aliphatic carbocycles. The maximum atomic E-state index is 9.08. The first kappa shape index (κ1) is 7.97. The van der Waals surface area contributed by atoms with Crippen molar-refractivity contribution >= 4 is 18.5 Å². The van der Waals surface area contributed by atoms with E-state index in [4.69, 9.17) is 10.8 Å². The van der Waals surface area contributed by atoms with E-state index in [0.29, 0.717) is 5.46 Å². The molecule has 0 unspecified atom stereocenters. The largest absolute Gasteiger partial charge is 0.494 e. The van der Waals surface area contributed by atoms with Gasteiger partial charge in [0.25, 0.3) is 0 Å². The molecule has 1 aromatic heterocycles. The number of hydrogen-bond acceptors (Lipinski definition) is 5. The molecule has 0 atom stereocenters. The van der Waals surface area contributed by atoms with Gasteiger partial charge < -0.3 is 15.4 Å². The zero-order valence-electron chi connectivity index (χ0n) is 6.06. The number of aromatic nitrogens is 2. The Labute approximate surface area is 64.4 Å². The van der Waals surface area contributed by atoms with Crippen molar-refractivity contribution in [2.45, 2.75) is 0 Å². The molecule has 58 valence electrons. The van der Waals surface area contributed by atoms with Crippen LogP contribution in [0.2, 0.25) is 0 Å². The van der Waals surface area contributed by atoms with Crippen molar-refractivity contribution in [1.29, 1.82) is 0 Å². The lowest BCUT2D eigenvalue weighted by Crippen LogP contribution is -2.33. The van der Waals surface area contributed by atoms with E-state index in [0.717, 1.165) is 0 Å². The minimum Gasteiger partial charge on any atom is -0.423 e. The zero-order chi connectivity index (χ0) is 8.27. The number of hydrogen-bond donors (Lipinski definition) is 2. The van der Waals surface area contributed by atoms with Gasteiger partial charge in [-0.3, -0.25) is 0 Å². The van der Waals surface area contributed by atoms with E-state index in [2.05, 4.69) is 14.6 Å². The number of nitrogen functional groups attached to an aromatic ring is 1. The number of anilines is 1. The molecule has 0 aromatic carbocycles. The van der Waals surface area contributed by atoms with Crippen molar-refractivity contribution in [3.05, 3.63) is 12.4 Å². The summed E-state index contributed by atoms with van der Waals surface area (Å²) in [6.07, 6.45) is 2.83. The van der Waals surface area contributed by atoms with Crippen LogP contribution in [0.25, 0.3) is 0 Å². The van der Waals surface area contributed by atoms with Gasteiger partial charge in [-0.1, -0.05) is 0 Å². The second kappa shape index (κ2) is 3.31. The van der Waals surface area contributed by atoms with Gasteiger partial charge in [0.05, 0.1) is 0 Å². The normalized spacial score (nSPS) is 9.64. The van der Waals surface area contributed by atoms with E-state index >= 15 is 0 Å². The SMILES string of the molecule is COB(O)c1cnc(N)nc1. The fraction of sp³-hybridized carbons (Fsp3) is 0.200. The molecule has 0 bridgehead atoms. The summed E-state index contributed by atoms with van der Waals surface area (Å²) in [5.41, 5.74) is 5.71. The van der Waals surface area contributed by atoms with E-state index in [1.165, 1.54) is 19.5 Å². The van der Waals surface area contributed by atoms with Crippen LogP contribution in [0.1, 0.15) is 0 Å². The van der Waals surface area contributed by atoms with E-state index in [9.17, 15) is 0 Å². The van der Waals surface area contributed by atoms with E-state index in [-0.39, 0.29) is 5.95 Å². The topological polar surface area (TPSA) is 81.3 Å². The molecule has 0 saturated carbocycles. The zero-order valence-corrected chi connectivity index (χ0v) is 6.06. The standard InChI is InChI=1S/C5H8BN3O2/c1-11-6(10)4-2-8-5(7)9-3-4/h2-3,10H,1H3,(H2,7,8,9). The molecule has 0 amide bonds. The highest BCUT2D eigenvalue weighted by atomic mass is 16.5. The third kappa shape index (κ3) is 1.89. The molecule has 0 spiro atoms. The van der Waals surface area contributed by atoms with Gasteiger partial charge >= 0.3 is 7.12 Å². The molecule has 1 heterocycles. The fourth-order valence-electron chi connectivity index (χ4n) is 0.612. The van der Waals surface area contributed by atoms with Crippen LogP contribution in [0.15, 0.2) is 12.4 Å². The lowest BCUT2D eigenvalue weighted by Gasteiger charge is -2.01. The molecule has 1 rings (SSSR count). The smallest absolute Gasteiger partial charge is 0.423 e. The van der Waals surface area contributed by atoms with Gasteiger partial charge in [-0.2, -0.15) is 0 Å². The highest BCUT2D eigenvalue weighted by Gasteiger charge is 2.14. The summed E-state index contributed by atoms with van der Waals surface area (Å²) in [4.78, 5) is 7.35. The Morgan fingerprint density at radius 1 is 1.55 bits per heavy atom. The predicted molar refractivity (Wildman–Crippen MR) is 41.1 cm³/mol. The van der Waals surface area contributed by atoms with Crippen molar-refractivity contribution < 1.29 is 9.68 Å². The monoisotopic (exact) mass is 153 g/mol. The van der Waals surface area contributed by atoms with Crippen molar-refractivity contribution in [2.75, 3.05) is 12.8 Å². The molecule has 5 nitrogen and oxygen atoms in total. The van der Waals surface area contributed by atoms with Crippen LogP contribution >= 0.6 is 0 Å². The number of nitrogens with zero attached hydrogens (tertiary/aromatic N) is 2. The molecule has 0 radical (unpaired) electrons. The molecule has 11 heavy (non-hydrogen) atoms. The lowest BCUT2D eigenvalue weighted by atomic mass is 9.82. The summed E-state index contributed by atoms with van der Waals surface area (Å²) < 4.78 is 4.61. The van der Waals surface area contributed by atoms with E-state index in [1.54, 1.807) is 0 Å². The van der Waals surface area contributed by atoms with Gasteiger partial charge in [0.1, 0.15) is 0 Å². The van der Waals surface area contributed by atoms with E-state index in [1.807, 2.05) is 0 Å². The second-order valence-electron chi connectivity index (χ2n) is 1.96. The van der Waals surface area contributed by atoms with Gasteiger partial charge in [0, 0.05) is 25.0 Å². The lowest BCUT2D eigenvalue weighted by molar-refractivity contribution is 0.341. The first-order valence-electron chi connectivity index (χ1n) is 3.02. The molecule has 0 aliphatic heterocycles. The third-order valence-electron chi connectivity index (χ3n) is 1.20. The van der Waals surface area contributed by atoms with Crippen molar-refractivity contribution in [3.63, 3.8) is 0 Å². The summed E-state index contributed by atoms with van der Waals surface area (Å²) in [7, 11) is 0.414. The summed E-state index contributed by atoms with van der Waals surface area (Å²) in [6, 6.07) is 0. The second-order valence-corrected chi connectivity index (χ2v) is 1.96. The Morgan fingerprint density at radius 2 is 2.09 bits per heavy atom. The summed E-state index contributed by atoms with van der Waals surface area (Å²) in [6.45, 7) is 0. The molecule has 0 aliphatic rings. The Balaban J connectivity index is 2.81. The summed E-state index contributed by atoms with van der Waals surface area (Å²) >= 11 is 0. The maximum Gasteiger partial charge on any atom is 0.494 e. The fourth-order valence-corrected chi connectivity index (χ4v) is 0.612. The van der Waals surface area contributed by atoms with E-state index < -0.39 is 7.12 Å². The van der Waals surface area contributed by atoms with Crippen molar-refractivity contribution in [2.24, 2.45) is 0 Å². The van der Waals surface area contributed by atoms with Crippen molar-refractivity contribution in [1.82, 2.24) is 9.97 Å². The highest BCUT2D eigenvalue weighted by molar-refractivity contribution is 6.59. The Morgan fingerprint density at radius 3 is 2.55 bits per heavy atom. The van der Waals surface area contributed by atoms with Gasteiger partial charge in [-0.05, 0) is 0 Å². The van der Waals surface area contributed by atoms with Crippen LogP contribution in [0.5, 0.6) is 0 Å². The average molecular weight is 153 g/mol. The Bertz CT molecular complexity index is 228. The maximum absolute atomic E-state index is 9.08. The average Bonchev–Trinajstić information content (AvgIpc) is 2.05. The van der Waals surface area contributed by atoms with Crippen LogP contribution < -0.4 is 11.2 Å². The molecular weight excluding hydrogens is 145 g/mol. The molecule has 0 saturated heterocycles. The summed E-state index contributed by atoms with van der Waals surface area (Å²) in [5, 5.41) is 9.08. The first-order chi connectivity index (χ1) is 5.24. The van der Waals surface area contributed by atoms with Crippen LogP contribution in [0.3, 0.4) is 0 Å². The highest BCUT2D eigenvalue weighted by Crippen LogP contribution is 1.85.